The Morgan fingerprint density at radius 3 is 2.86 bits per heavy atom. The Hall–Kier alpha value is -1.42. The van der Waals surface area contributed by atoms with E-state index in [1.165, 1.54) is 7.11 Å². The lowest BCUT2D eigenvalue weighted by molar-refractivity contribution is -0.143. The van der Waals surface area contributed by atoms with Gasteiger partial charge in [-0.1, -0.05) is 6.07 Å². The number of pyridine rings is 1. The second-order valence-corrected chi connectivity index (χ2v) is 2.82. The zero-order chi connectivity index (χ0) is 10.4. The third-order valence-corrected chi connectivity index (χ3v) is 1.91. The molecule has 0 bridgehead atoms. The molecule has 14 heavy (non-hydrogen) atoms. The summed E-state index contributed by atoms with van der Waals surface area (Å²) in [6.07, 6.45) is 3.30. The zero-order valence-corrected chi connectivity index (χ0v) is 8.27. The number of methoxy groups -OCH3 is 2. The van der Waals surface area contributed by atoms with Crippen LogP contribution in [0.25, 0.3) is 0 Å². The molecule has 0 radical (unpaired) electrons. The number of carbonyl (C=O) groups is 1. The number of ether oxygens (including phenoxy) is 2. The largest absolute Gasteiger partial charge is 0.468 e. The molecule has 1 heterocycles. The Balaban J connectivity index is 2.83. The van der Waals surface area contributed by atoms with E-state index >= 15 is 0 Å². The third-order valence-electron chi connectivity index (χ3n) is 1.91. The van der Waals surface area contributed by atoms with E-state index in [0.29, 0.717) is 6.61 Å². The van der Waals surface area contributed by atoms with E-state index in [1.54, 1.807) is 25.6 Å². The van der Waals surface area contributed by atoms with Gasteiger partial charge in [0.25, 0.3) is 0 Å². The van der Waals surface area contributed by atoms with Crippen molar-refractivity contribution >= 4 is 5.97 Å². The Bertz CT molecular complexity index is 287. The molecule has 0 aromatic carbocycles. The maximum absolute atomic E-state index is 11.4. The van der Waals surface area contributed by atoms with Crippen LogP contribution in [0.4, 0.5) is 0 Å². The third kappa shape index (κ3) is 2.53. The van der Waals surface area contributed by atoms with Gasteiger partial charge in [-0.25, -0.2) is 0 Å². The molecule has 0 amide bonds. The Morgan fingerprint density at radius 1 is 1.57 bits per heavy atom. The van der Waals surface area contributed by atoms with Gasteiger partial charge in [0.1, 0.15) is 5.92 Å². The van der Waals surface area contributed by atoms with Crippen molar-refractivity contribution in [2.45, 2.75) is 5.92 Å². The molecule has 0 spiro atoms. The second-order valence-electron chi connectivity index (χ2n) is 2.82. The number of carbonyl (C=O) groups excluding carboxylic acids is 1. The fourth-order valence-corrected chi connectivity index (χ4v) is 1.19. The van der Waals surface area contributed by atoms with Gasteiger partial charge in [-0.05, 0) is 11.6 Å². The summed E-state index contributed by atoms with van der Waals surface area (Å²) in [7, 11) is 2.91. The van der Waals surface area contributed by atoms with Crippen LogP contribution in [-0.4, -0.2) is 31.8 Å². The highest BCUT2D eigenvalue weighted by Crippen LogP contribution is 2.16. The lowest BCUT2D eigenvalue weighted by Crippen LogP contribution is -2.19. The minimum Gasteiger partial charge on any atom is -0.468 e. The predicted octanol–water partition coefficient (Wildman–Crippen LogP) is 0.985. The van der Waals surface area contributed by atoms with Gasteiger partial charge in [0.2, 0.25) is 0 Å². The summed E-state index contributed by atoms with van der Waals surface area (Å²) < 4.78 is 9.63. The first-order valence-electron chi connectivity index (χ1n) is 4.26. The van der Waals surface area contributed by atoms with Crippen molar-refractivity contribution in [2.75, 3.05) is 20.8 Å². The van der Waals surface area contributed by atoms with Crippen LogP contribution in [-0.2, 0) is 14.3 Å². The van der Waals surface area contributed by atoms with Crippen molar-refractivity contribution < 1.29 is 14.3 Å². The molecular formula is C10H13NO3. The highest BCUT2D eigenvalue weighted by Gasteiger charge is 2.21. The average Bonchev–Trinajstić information content (AvgIpc) is 2.26. The van der Waals surface area contributed by atoms with Gasteiger partial charge in [0.15, 0.2) is 0 Å². The zero-order valence-electron chi connectivity index (χ0n) is 8.27. The fraction of sp³-hybridized carbons (Fsp3) is 0.400. The lowest BCUT2D eigenvalue weighted by Gasteiger charge is -2.12. The summed E-state index contributed by atoms with van der Waals surface area (Å²) in [5, 5.41) is 0. The van der Waals surface area contributed by atoms with Gasteiger partial charge in [0, 0.05) is 19.5 Å². The van der Waals surface area contributed by atoms with E-state index in [0.717, 1.165) is 5.56 Å². The maximum Gasteiger partial charge on any atom is 0.315 e. The normalized spacial score (nSPS) is 12.1. The van der Waals surface area contributed by atoms with Crippen LogP contribution in [0, 0.1) is 0 Å². The maximum atomic E-state index is 11.4. The monoisotopic (exact) mass is 195 g/mol. The SMILES string of the molecule is COCC(C(=O)OC)c1cccnc1. The topological polar surface area (TPSA) is 48.4 Å². The predicted molar refractivity (Wildman–Crippen MR) is 50.9 cm³/mol. The summed E-state index contributed by atoms with van der Waals surface area (Å²) in [5.41, 5.74) is 0.807. The van der Waals surface area contributed by atoms with Crippen LogP contribution >= 0.6 is 0 Å². The number of aromatic nitrogens is 1. The molecule has 0 aliphatic carbocycles. The summed E-state index contributed by atoms with van der Waals surface area (Å²) in [5.74, 6) is -0.696. The van der Waals surface area contributed by atoms with E-state index < -0.39 is 5.92 Å². The van der Waals surface area contributed by atoms with Crippen molar-refractivity contribution in [3.63, 3.8) is 0 Å². The van der Waals surface area contributed by atoms with E-state index in [4.69, 9.17) is 4.74 Å². The molecule has 4 heteroatoms. The molecule has 0 aliphatic rings. The highest BCUT2D eigenvalue weighted by molar-refractivity contribution is 5.78. The standard InChI is InChI=1S/C10H13NO3/c1-13-7-9(10(12)14-2)8-4-3-5-11-6-8/h3-6,9H,7H2,1-2H3. The van der Waals surface area contributed by atoms with Gasteiger partial charge in [0.05, 0.1) is 13.7 Å². The van der Waals surface area contributed by atoms with Crippen LogP contribution in [0.1, 0.15) is 11.5 Å². The van der Waals surface area contributed by atoms with E-state index in [1.807, 2.05) is 6.07 Å². The molecule has 0 saturated heterocycles. The molecule has 1 rings (SSSR count). The van der Waals surface area contributed by atoms with Gasteiger partial charge >= 0.3 is 5.97 Å². The van der Waals surface area contributed by atoms with Crippen molar-refractivity contribution in [3.8, 4) is 0 Å². The smallest absolute Gasteiger partial charge is 0.315 e. The minimum absolute atomic E-state index is 0.304. The molecular weight excluding hydrogens is 182 g/mol. The molecule has 1 atom stereocenters. The van der Waals surface area contributed by atoms with Crippen LogP contribution in [0.3, 0.4) is 0 Å². The number of rotatable bonds is 4. The molecule has 0 aliphatic heterocycles. The van der Waals surface area contributed by atoms with Crippen LogP contribution < -0.4 is 0 Å². The Kier molecular flexibility index (Phi) is 4.07. The minimum atomic E-state index is -0.390. The van der Waals surface area contributed by atoms with Crippen LogP contribution in [0.15, 0.2) is 24.5 Å². The van der Waals surface area contributed by atoms with Crippen molar-refractivity contribution in [2.24, 2.45) is 0 Å². The van der Waals surface area contributed by atoms with Gasteiger partial charge in [-0.15, -0.1) is 0 Å². The van der Waals surface area contributed by atoms with Gasteiger partial charge in [-0.3, -0.25) is 9.78 Å². The molecule has 0 N–H and O–H groups in total. The average molecular weight is 195 g/mol. The van der Waals surface area contributed by atoms with Crippen molar-refractivity contribution in [1.29, 1.82) is 0 Å². The fourth-order valence-electron chi connectivity index (χ4n) is 1.19. The first kappa shape index (κ1) is 10.7. The highest BCUT2D eigenvalue weighted by atomic mass is 16.5. The second kappa shape index (κ2) is 5.34. The molecule has 0 saturated carbocycles. The molecule has 1 aromatic rings. The number of hydrogen-bond acceptors (Lipinski definition) is 4. The molecule has 0 fully saturated rings. The molecule has 1 unspecified atom stereocenters. The first-order chi connectivity index (χ1) is 6.79. The van der Waals surface area contributed by atoms with Crippen LogP contribution in [0.5, 0.6) is 0 Å². The Morgan fingerprint density at radius 2 is 2.36 bits per heavy atom. The summed E-state index contributed by atoms with van der Waals surface area (Å²) in [6.45, 7) is 0.304. The van der Waals surface area contributed by atoms with E-state index in [2.05, 4.69) is 9.72 Å². The number of hydrogen-bond donors (Lipinski definition) is 0. The van der Waals surface area contributed by atoms with E-state index in [9.17, 15) is 4.79 Å². The number of esters is 1. The summed E-state index contributed by atoms with van der Waals surface area (Å²) >= 11 is 0. The first-order valence-corrected chi connectivity index (χ1v) is 4.26. The lowest BCUT2D eigenvalue weighted by atomic mass is 10.0. The molecule has 76 valence electrons. The van der Waals surface area contributed by atoms with Crippen molar-refractivity contribution in [3.05, 3.63) is 30.1 Å². The van der Waals surface area contributed by atoms with Gasteiger partial charge < -0.3 is 9.47 Å². The summed E-state index contributed by atoms with van der Waals surface area (Å²) in [6, 6.07) is 3.61. The van der Waals surface area contributed by atoms with Gasteiger partial charge in [-0.2, -0.15) is 0 Å². The number of nitrogens with zero attached hydrogens (tertiary/aromatic N) is 1. The molecule has 4 nitrogen and oxygen atoms in total. The quantitative estimate of drug-likeness (QED) is 0.672. The van der Waals surface area contributed by atoms with Crippen molar-refractivity contribution in [1.82, 2.24) is 4.98 Å². The Labute approximate surface area is 82.9 Å². The molecule has 1 aromatic heterocycles. The van der Waals surface area contributed by atoms with Crippen LogP contribution in [0.2, 0.25) is 0 Å². The summed E-state index contributed by atoms with van der Waals surface area (Å²) in [4.78, 5) is 15.3. The van der Waals surface area contributed by atoms with E-state index in [-0.39, 0.29) is 5.97 Å².